The van der Waals surface area contributed by atoms with E-state index in [0.29, 0.717) is 24.0 Å². The molecule has 2 bridgehead atoms. The van der Waals surface area contributed by atoms with Gasteiger partial charge in [-0.15, -0.1) is 0 Å². The Kier molecular flexibility index (Phi) is 4.82. The molecule has 5 rings (SSSR count). The summed E-state index contributed by atoms with van der Waals surface area (Å²) in [7, 11) is 0. The molecule has 2 aromatic carbocycles. The Hall–Kier alpha value is -3.45. The lowest BCUT2D eigenvalue weighted by Crippen LogP contribution is -2.23. The molecule has 2 aliphatic heterocycles. The van der Waals surface area contributed by atoms with Crippen LogP contribution in [0.5, 0.6) is 0 Å². The van der Waals surface area contributed by atoms with Gasteiger partial charge in [0, 0.05) is 34.1 Å². The third-order valence-corrected chi connectivity index (χ3v) is 5.65. The minimum Gasteiger partial charge on any atom is -0.365 e. The molecule has 2 atom stereocenters. The summed E-state index contributed by atoms with van der Waals surface area (Å²) in [4.78, 5) is 16.8. The molecule has 31 heavy (non-hydrogen) atoms. The number of pyridine rings is 1. The fourth-order valence-electron chi connectivity index (χ4n) is 4.28. The minimum atomic E-state index is -0.665. The average Bonchev–Trinajstić information content (AvgIpc) is 3.37. The van der Waals surface area contributed by atoms with Crippen LogP contribution in [-0.2, 0) is 9.53 Å². The Morgan fingerprint density at radius 3 is 2.45 bits per heavy atom. The molecule has 0 radical (unpaired) electrons. The molecular weight excluding hydrogens is 405 g/mol. The van der Waals surface area contributed by atoms with Gasteiger partial charge < -0.3 is 10.1 Å². The lowest BCUT2D eigenvalue weighted by molar-refractivity contribution is -0.113. The summed E-state index contributed by atoms with van der Waals surface area (Å²) in [5.41, 5.74) is 1.59. The van der Waals surface area contributed by atoms with Crippen LogP contribution < -0.4 is 5.32 Å². The molecule has 4 nitrogen and oxygen atoms in total. The molecule has 1 amide bonds. The van der Waals surface area contributed by atoms with Gasteiger partial charge in [0.05, 0.1) is 24.0 Å². The fourth-order valence-corrected chi connectivity index (χ4v) is 4.28. The topological polar surface area (TPSA) is 51.2 Å². The Morgan fingerprint density at radius 2 is 1.68 bits per heavy atom. The molecule has 0 saturated carbocycles. The van der Waals surface area contributed by atoms with Gasteiger partial charge in [-0.25, -0.2) is 13.2 Å². The molecule has 3 aromatic rings. The predicted molar refractivity (Wildman–Crippen MR) is 109 cm³/mol. The lowest BCUT2D eigenvalue weighted by Gasteiger charge is -2.17. The van der Waals surface area contributed by atoms with Gasteiger partial charge >= 0.3 is 0 Å². The van der Waals surface area contributed by atoms with E-state index in [1.807, 2.05) is 0 Å². The van der Waals surface area contributed by atoms with Crippen molar-refractivity contribution in [1.29, 1.82) is 0 Å². The quantitative estimate of drug-likeness (QED) is 0.635. The van der Waals surface area contributed by atoms with Gasteiger partial charge in [0.1, 0.15) is 17.5 Å². The first-order valence-corrected chi connectivity index (χ1v) is 9.88. The normalized spacial score (nSPS) is 19.7. The standard InChI is InChI=1S/C24H17F3N2O2/c25-17-4-2-1-3-14(17)15-6-5-13(11-18(15)26)29-24(30)23-21-8-7-20(31-21)22(23)16-9-10-28-12-19(16)27/h1-6,9-12,20-21H,7-8H2,(H,29,30)/t20-,21?/m0/s1. The molecule has 1 fully saturated rings. The van der Waals surface area contributed by atoms with E-state index in [1.165, 1.54) is 42.6 Å². The molecule has 1 aromatic heterocycles. The molecule has 7 heteroatoms. The van der Waals surface area contributed by atoms with E-state index in [1.54, 1.807) is 6.07 Å². The number of hydrogen-bond acceptors (Lipinski definition) is 3. The number of hydrogen-bond donors (Lipinski definition) is 1. The van der Waals surface area contributed by atoms with E-state index in [-0.39, 0.29) is 28.5 Å². The SMILES string of the molecule is O=C(Nc1ccc(-c2ccccc2F)c(F)c1)C1=C(c2ccncc2F)[C@@H]2CCC1O2. The third kappa shape index (κ3) is 3.41. The first kappa shape index (κ1) is 19.5. The Labute approximate surface area is 176 Å². The summed E-state index contributed by atoms with van der Waals surface area (Å²) < 4.78 is 48.9. The zero-order chi connectivity index (χ0) is 21.5. The highest BCUT2D eigenvalue weighted by molar-refractivity contribution is 6.11. The second-order valence-corrected chi connectivity index (χ2v) is 7.50. The Bertz CT molecular complexity index is 1220. The number of carbonyl (C=O) groups excluding carboxylic acids is 1. The van der Waals surface area contributed by atoms with Crippen LogP contribution in [0.4, 0.5) is 18.9 Å². The smallest absolute Gasteiger partial charge is 0.254 e. The fraction of sp³-hybridized carbons (Fsp3) is 0.167. The van der Waals surface area contributed by atoms with Gasteiger partial charge in [-0.05, 0) is 43.2 Å². The molecule has 1 N–H and O–H groups in total. The second-order valence-electron chi connectivity index (χ2n) is 7.50. The minimum absolute atomic E-state index is 0.0955. The zero-order valence-corrected chi connectivity index (χ0v) is 16.2. The molecule has 156 valence electrons. The van der Waals surface area contributed by atoms with Crippen molar-refractivity contribution < 1.29 is 22.7 Å². The van der Waals surface area contributed by atoms with Crippen molar-refractivity contribution in [2.75, 3.05) is 5.32 Å². The van der Waals surface area contributed by atoms with Crippen molar-refractivity contribution in [1.82, 2.24) is 4.98 Å². The first-order chi connectivity index (χ1) is 15.0. The van der Waals surface area contributed by atoms with E-state index < -0.39 is 29.5 Å². The zero-order valence-electron chi connectivity index (χ0n) is 16.2. The van der Waals surface area contributed by atoms with Gasteiger partial charge in [-0.2, -0.15) is 0 Å². The lowest BCUT2D eigenvalue weighted by atomic mass is 9.87. The number of amides is 1. The maximum absolute atomic E-state index is 14.7. The molecule has 2 aliphatic rings. The summed E-state index contributed by atoms with van der Waals surface area (Å²) in [6.45, 7) is 0. The van der Waals surface area contributed by atoms with Crippen molar-refractivity contribution in [3.05, 3.63) is 89.5 Å². The van der Waals surface area contributed by atoms with Crippen LogP contribution in [0, 0.1) is 17.5 Å². The van der Waals surface area contributed by atoms with Crippen molar-refractivity contribution in [3.63, 3.8) is 0 Å². The number of nitrogens with zero attached hydrogens (tertiary/aromatic N) is 1. The Morgan fingerprint density at radius 1 is 0.903 bits per heavy atom. The predicted octanol–water partition coefficient (Wildman–Crippen LogP) is 5.12. The maximum Gasteiger partial charge on any atom is 0.254 e. The molecule has 0 aliphatic carbocycles. The van der Waals surface area contributed by atoms with Gasteiger partial charge in [-0.3, -0.25) is 9.78 Å². The molecule has 3 heterocycles. The number of aromatic nitrogens is 1. The second kappa shape index (κ2) is 7.67. The Balaban J connectivity index is 1.46. The van der Waals surface area contributed by atoms with E-state index in [0.717, 1.165) is 12.3 Å². The van der Waals surface area contributed by atoms with Crippen LogP contribution in [-0.4, -0.2) is 23.1 Å². The molecule has 1 unspecified atom stereocenters. The summed E-state index contributed by atoms with van der Waals surface area (Å²) in [5, 5.41) is 2.67. The largest absolute Gasteiger partial charge is 0.365 e. The van der Waals surface area contributed by atoms with Crippen molar-refractivity contribution >= 4 is 17.2 Å². The number of fused-ring (bicyclic) bond motifs is 2. The van der Waals surface area contributed by atoms with Gasteiger partial charge in [0.25, 0.3) is 5.91 Å². The number of halogens is 3. The highest BCUT2D eigenvalue weighted by Crippen LogP contribution is 2.45. The third-order valence-electron chi connectivity index (χ3n) is 5.65. The van der Waals surface area contributed by atoms with Crippen molar-refractivity contribution in [2.24, 2.45) is 0 Å². The van der Waals surface area contributed by atoms with Crippen LogP contribution in [0.2, 0.25) is 0 Å². The van der Waals surface area contributed by atoms with E-state index in [2.05, 4.69) is 10.3 Å². The molecular formula is C24H17F3N2O2. The monoisotopic (exact) mass is 422 g/mol. The van der Waals surface area contributed by atoms with Crippen molar-refractivity contribution in [3.8, 4) is 11.1 Å². The highest BCUT2D eigenvalue weighted by atomic mass is 19.1. The number of anilines is 1. The number of ether oxygens (including phenoxy) is 1. The molecule has 0 spiro atoms. The summed E-state index contributed by atoms with van der Waals surface area (Å²) in [6.07, 6.45) is 3.12. The summed E-state index contributed by atoms with van der Waals surface area (Å²) in [6, 6.07) is 11.5. The number of nitrogens with one attached hydrogen (secondary N) is 1. The summed E-state index contributed by atoms with van der Waals surface area (Å²) in [5.74, 6) is -2.20. The van der Waals surface area contributed by atoms with Crippen molar-refractivity contribution in [2.45, 2.75) is 25.0 Å². The van der Waals surface area contributed by atoms with E-state index in [4.69, 9.17) is 4.74 Å². The maximum atomic E-state index is 14.7. The first-order valence-electron chi connectivity index (χ1n) is 9.88. The van der Waals surface area contributed by atoms with E-state index >= 15 is 0 Å². The van der Waals surface area contributed by atoms with Crippen LogP contribution in [0.25, 0.3) is 16.7 Å². The highest BCUT2D eigenvalue weighted by Gasteiger charge is 2.44. The number of carbonyl (C=O) groups is 1. The van der Waals surface area contributed by atoms with E-state index in [9.17, 15) is 18.0 Å². The van der Waals surface area contributed by atoms with Crippen LogP contribution in [0.1, 0.15) is 18.4 Å². The average molecular weight is 422 g/mol. The molecule has 1 saturated heterocycles. The van der Waals surface area contributed by atoms with Gasteiger partial charge in [0.15, 0.2) is 0 Å². The van der Waals surface area contributed by atoms with Gasteiger partial charge in [0.2, 0.25) is 0 Å². The van der Waals surface area contributed by atoms with Gasteiger partial charge in [-0.1, -0.05) is 18.2 Å². The van der Waals surface area contributed by atoms with Crippen LogP contribution in [0.15, 0.2) is 66.5 Å². The summed E-state index contributed by atoms with van der Waals surface area (Å²) >= 11 is 0. The van der Waals surface area contributed by atoms with Crippen LogP contribution >= 0.6 is 0 Å². The number of rotatable bonds is 4. The number of benzene rings is 2. The van der Waals surface area contributed by atoms with Crippen LogP contribution in [0.3, 0.4) is 0 Å².